The van der Waals surface area contributed by atoms with E-state index in [0.717, 1.165) is 29.7 Å². The number of nitrogens with two attached hydrogens (primary N) is 1. The molecule has 6 nitrogen and oxygen atoms in total. The molecule has 2 aromatic rings. The maximum atomic E-state index is 8.41. The van der Waals surface area contributed by atoms with Crippen LogP contribution in [-0.2, 0) is 0 Å². The first kappa shape index (κ1) is 17.7. The number of aryl methyl sites for hydroxylation is 1. The quantitative estimate of drug-likeness (QED) is 0.502. The lowest BCUT2D eigenvalue weighted by atomic mass is 10.1. The maximum Gasteiger partial charge on any atom is 0.141 e. The fraction of sp³-hybridized carbons (Fsp3) is 0.350. The van der Waals surface area contributed by atoms with E-state index in [1.165, 1.54) is 19.2 Å². The Morgan fingerprint density at radius 3 is 2.77 bits per heavy atom. The maximum absolute atomic E-state index is 8.41. The van der Waals surface area contributed by atoms with Gasteiger partial charge in [-0.25, -0.2) is 9.97 Å². The molecule has 0 atom stereocenters. The minimum Gasteiger partial charge on any atom is -0.388 e. The topological polar surface area (TPSA) is 99.7 Å². The number of anilines is 3. The van der Waals surface area contributed by atoms with Crippen molar-refractivity contribution >= 4 is 23.0 Å². The first-order chi connectivity index (χ1) is 12.6. The summed E-state index contributed by atoms with van der Waals surface area (Å²) in [6.07, 6.45) is 6.08. The van der Waals surface area contributed by atoms with Gasteiger partial charge in [0.15, 0.2) is 0 Å². The molecule has 1 fully saturated rings. The molecule has 0 aliphatic heterocycles. The number of benzene rings is 1. The summed E-state index contributed by atoms with van der Waals surface area (Å²) in [5.74, 6) is 6.88. The Labute approximate surface area is 154 Å². The van der Waals surface area contributed by atoms with Gasteiger partial charge in [-0.15, -0.1) is 0 Å². The predicted octanol–water partition coefficient (Wildman–Crippen LogP) is 3.18. The third kappa shape index (κ3) is 3.94. The number of nitrogens with one attached hydrogen (secondary N) is 3. The van der Waals surface area contributed by atoms with E-state index in [9.17, 15) is 0 Å². The standard InChI is InChI=1S/C20H24N6/c1-13-7-9-16(23-2)11-14(13)8-10-17(21)18-19(22)24-12-25-20(18)26-15-5-3-4-6-15/h7,9,11-12,15,21,23H,3-6H2,1-2H3,(H3,22,24,25,26). The summed E-state index contributed by atoms with van der Waals surface area (Å²) < 4.78 is 0. The highest BCUT2D eigenvalue weighted by Gasteiger charge is 2.19. The minimum atomic E-state index is 0.123. The van der Waals surface area contributed by atoms with E-state index in [0.29, 0.717) is 17.4 Å². The van der Waals surface area contributed by atoms with Crippen molar-refractivity contribution in [2.45, 2.75) is 38.6 Å². The van der Waals surface area contributed by atoms with Gasteiger partial charge in [0.05, 0.1) is 5.56 Å². The van der Waals surface area contributed by atoms with Crippen LogP contribution in [0.5, 0.6) is 0 Å². The minimum absolute atomic E-state index is 0.123. The van der Waals surface area contributed by atoms with Crippen LogP contribution in [0.4, 0.5) is 17.3 Å². The number of rotatable bonds is 4. The van der Waals surface area contributed by atoms with Crippen LogP contribution in [0, 0.1) is 24.2 Å². The van der Waals surface area contributed by atoms with Crippen molar-refractivity contribution in [3.8, 4) is 11.8 Å². The zero-order chi connectivity index (χ0) is 18.5. The van der Waals surface area contributed by atoms with E-state index < -0.39 is 0 Å². The summed E-state index contributed by atoms with van der Waals surface area (Å²) in [5, 5.41) is 14.9. The van der Waals surface area contributed by atoms with Gasteiger partial charge in [-0.2, -0.15) is 0 Å². The Bertz CT molecular complexity index is 872. The van der Waals surface area contributed by atoms with Gasteiger partial charge < -0.3 is 16.4 Å². The molecule has 0 amide bonds. The fourth-order valence-electron chi connectivity index (χ4n) is 3.12. The van der Waals surface area contributed by atoms with E-state index >= 15 is 0 Å². The van der Waals surface area contributed by atoms with Gasteiger partial charge in [0.25, 0.3) is 0 Å². The molecular formula is C20H24N6. The summed E-state index contributed by atoms with van der Waals surface area (Å²) in [5.41, 5.74) is 9.56. The molecule has 134 valence electrons. The van der Waals surface area contributed by atoms with Crippen LogP contribution in [-0.4, -0.2) is 28.8 Å². The SMILES string of the molecule is CNc1ccc(C)c(C#CC(=N)c2c(N)ncnc2NC2CCCC2)c1. The second-order valence-corrected chi connectivity index (χ2v) is 6.51. The Balaban J connectivity index is 1.89. The van der Waals surface area contributed by atoms with Crippen molar-refractivity contribution in [2.24, 2.45) is 0 Å². The first-order valence-electron chi connectivity index (χ1n) is 8.85. The summed E-state index contributed by atoms with van der Waals surface area (Å²) >= 11 is 0. The molecule has 1 aromatic carbocycles. The molecule has 1 aromatic heterocycles. The Morgan fingerprint density at radius 1 is 1.27 bits per heavy atom. The normalized spacial score (nSPS) is 13.8. The van der Waals surface area contributed by atoms with E-state index in [1.807, 2.05) is 32.2 Å². The molecule has 0 radical (unpaired) electrons. The first-order valence-corrected chi connectivity index (χ1v) is 8.85. The van der Waals surface area contributed by atoms with Crippen LogP contribution in [0.15, 0.2) is 24.5 Å². The highest BCUT2D eigenvalue weighted by atomic mass is 15.1. The van der Waals surface area contributed by atoms with Gasteiger partial charge in [-0.05, 0) is 43.4 Å². The number of nitrogen functional groups attached to an aromatic ring is 1. The smallest absolute Gasteiger partial charge is 0.141 e. The van der Waals surface area contributed by atoms with E-state index in [4.69, 9.17) is 11.1 Å². The number of nitrogens with zero attached hydrogens (tertiary/aromatic N) is 2. The Hall–Kier alpha value is -3.07. The molecule has 0 unspecified atom stereocenters. The zero-order valence-electron chi connectivity index (χ0n) is 15.2. The Kier molecular flexibility index (Phi) is 5.37. The van der Waals surface area contributed by atoms with Gasteiger partial charge in [0.2, 0.25) is 0 Å². The van der Waals surface area contributed by atoms with Crippen molar-refractivity contribution in [3.05, 3.63) is 41.2 Å². The van der Waals surface area contributed by atoms with E-state index in [-0.39, 0.29) is 11.5 Å². The Morgan fingerprint density at radius 2 is 2.04 bits per heavy atom. The van der Waals surface area contributed by atoms with Crippen molar-refractivity contribution in [1.82, 2.24) is 9.97 Å². The lowest BCUT2D eigenvalue weighted by Crippen LogP contribution is -2.19. The summed E-state index contributed by atoms with van der Waals surface area (Å²) in [6.45, 7) is 2.00. The van der Waals surface area contributed by atoms with Crippen LogP contribution < -0.4 is 16.4 Å². The van der Waals surface area contributed by atoms with Gasteiger partial charge in [-0.1, -0.05) is 24.8 Å². The molecule has 0 spiro atoms. The third-order valence-corrected chi connectivity index (χ3v) is 4.67. The third-order valence-electron chi connectivity index (χ3n) is 4.67. The molecule has 1 heterocycles. The second-order valence-electron chi connectivity index (χ2n) is 6.51. The molecule has 26 heavy (non-hydrogen) atoms. The largest absolute Gasteiger partial charge is 0.388 e. The highest BCUT2D eigenvalue weighted by molar-refractivity contribution is 6.16. The van der Waals surface area contributed by atoms with Crippen molar-refractivity contribution < 1.29 is 0 Å². The van der Waals surface area contributed by atoms with Gasteiger partial charge in [-0.3, -0.25) is 5.41 Å². The van der Waals surface area contributed by atoms with Crippen molar-refractivity contribution in [1.29, 1.82) is 5.41 Å². The molecule has 0 saturated heterocycles. The fourth-order valence-corrected chi connectivity index (χ4v) is 3.12. The van der Waals surface area contributed by atoms with Gasteiger partial charge >= 0.3 is 0 Å². The predicted molar refractivity (Wildman–Crippen MR) is 107 cm³/mol. The number of hydrogen-bond donors (Lipinski definition) is 4. The molecule has 1 aliphatic carbocycles. The van der Waals surface area contributed by atoms with E-state index in [1.54, 1.807) is 0 Å². The molecule has 3 rings (SSSR count). The highest BCUT2D eigenvalue weighted by Crippen LogP contribution is 2.25. The summed E-state index contributed by atoms with van der Waals surface area (Å²) in [4.78, 5) is 8.35. The lowest BCUT2D eigenvalue weighted by molar-refractivity contribution is 0.749. The molecule has 0 bridgehead atoms. The van der Waals surface area contributed by atoms with Crippen molar-refractivity contribution in [2.75, 3.05) is 23.4 Å². The lowest BCUT2D eigenvalue weighted by Gasteiger charge is -2.15. The van der Waals surface area contributed by atoms with Gasteiger partial charge in [0.1, 0.15) is 23.7 Å². The summed E-state index contributed by atoms with van der Waals surface area (Å²) in [6, 6.07) is 6.35. The van der Waals surface area contributed by atoms with Crippen LogP contribution >= 0.6 is 0 Å². The molecular weight excluding hydrogens is 324 g/mol. The molecule has 6 heteroatoms. The van der Waals surface area contributed by atoms with Crippen LogP contribution in [0.1, 0.15) is 42.4 Å². The number of hydrogen-bond acceptors (Lipinski definition) is 6. The second kappa shape index (κ2) is 7.87. The van der Waals surface area contributed by atoms with E-state index in [2.05, 4.69) is 32.4 Å². The monoisotopic (exact) mass is 348 g/mol. The average Bonchev–Trinajstić information content (AvgIpc) is 3.14. The van der Waals surface area contributed by atoms with Crippen LogP contribution in [0.3, 0.4) is 0 Å². The average molecular weight is 348 g/mol. The van der Waals surface area contributed by atoms with Crippen LogP contribution in [0.2, 0.25) is 0 Å². The molecule has 5 N–H and O–H groups in total. The molecule has 1 saturated carbocycles. The van der Waals surface area contributed by atoms with Crippen molar-refractivity contribution in [3.63, 3.8) is 0 Å². The van der Waals surface area contributed by atoms with Gasteiger partial charge in [0, 0.05) is 24.3 Å². The number of aromatic nitrogens is 2. The van der Waals surface area contributed by atoms with Crippen LogP contribution in [0.25, 0.3) is 0 Å². The zero-order valence-corrected chi connectivity index (χ0v) is 15.2. The summed E-state index contributed by atoms with van der Waals surface area (Å²) in [7, 11) is 1.87. The molecule has 1 aliphatic rings.